The number of sulfonamides is 1. The van der Waals surface area contributed by atoms with Crippen molar-refractivity contribution in [3.8, 4) is 5.75 Å². The van der Waals surface area contributed by atoms with Crippen LogP contribution in [0.4, 0.5) is 11.4 Å². The maximum atomic E-state index is 14.1. The summed E-state index contributed by atoms with van der Waals surface area (Å²) >= 11 is 0. The largest absolute Gasteiger partial charge is 0.495 e. The lowest BCUT2D eigenvalue weighted by Gasteiger charge is -2.33. The fraction of sp³-hybridized carbons (Fsp3) is 0.333. The molecule has 224 valence electrons. The SMILES string of the molecule is CCCNC(=O)C(Cc1ccccc1)N(Cc1ccc(C)cc1)C(=O)CN(c1cc([N+](=O)[O-])ccc1OC)S(C)(=O)=O. The van der Waals surface area contributed by atoms with E-state index in [2.05, 4.69) is 5.32 Å². The van der Waals surface area contributed by atoms with Crippen molar-refractivity contribution in [2.24, 2.45) is 0 Å². The highest BCUT2D eigenvalue weighted by molar-refractivity contribution is 7.92. The molecule has 0 saturated carbocycles. The molecule has 0 fully saturated rings. The lowest BCUT2D eigenvalue weighted by Crippen LogP contribution is -2.53. The van der Waals surface area contributed by atoms with Crippen LogP contribution in [0.3, 0.4) is 0 Å². The van der Waals surface area contributed by atoms with Gasteiger partial charge in [0.25, 0.3) is 5.69 Å². The van der Waals surface area contributed by atoms with Crippen molar-refractivity contribution in [2.75, 3.05) is 30.8 Å². The molecule has 1 unspecified atom stereocenters. The molecule has 12 heteroatoms. The molecule has 0 spiro atoms. The van der Waals surface area contributed by atoms with Gasteiger partial charge in [0.15, 0.2) is 0 Å². The summed E-state index contributed by atoms with van der Waals surface area (Å²) < 4.78 is 32.1. The van der Waals surface area contributed by atoms with Crippen molar-refractivity contribution in [1.29, 1.82) is 0 Å². The van der Waals surface area contributed by atoms with Gasteiger partial charge in [0.1, 0.15) is 24.0 Å². The van der Waals surface area contributed by atoms with Gasteiger partial charge in [-0.25, -0.2) is 8.42 Å². The molecule has 2 amide bonds. The zero-order valence-corrected chi connectivity index (χ0v) is 25.0. The molecule has 0 radical (unpaired) electrons. The minimum Gasteiger partial charge on any atom is -0.495 e. The number of methoxy groups -OCH3 is 1. The third-order valence-corrected chi connectivity index (χ3v) is 7.74. The van der Waals surface area contributed by atoms with E-state index < -0.39 is 33.4 Å². The second-order valence-corrected chi connectivity index (χ2v) is 11.8. The molecule has 42 heavy (non-hydrogen) atoms. The van der Waals surface area contributed by atoms with Gasteiger partial charge in [-0.2, -0.15) is 0 Å². The molecule has 0 aliphatic carbocycles. The first kappa shape index (κ1) is 32.1. The number of benzene rings is 3. The van der Waals surface area contributed by atoms with Gasteiger partial charge < -0.3 is 15.0 Å². The van der Waals surface area contributed by atoms with Gasteiger partial charge in [-0.05, 0) is 30.5 Å². The summed E-state index contributed by atoms with van der Waals surface area (Å²) in [5.74, 6) is -1.01. The number of nitro benzene ring substituents is 1. The van der Waals surface area contributed by atoms with Crippen LogP contribution in [-0.4, -0.2) is 62.6 Å². The van der Waals surface area contributed by atoms with Crippen LogP contribution in [0.1, 0.15) is 30.0 Å². The van der Waals surface area contributed by atoms with Crippen molar-refractivity contribution in [3.05, 3.63) is 99.6 Å². The summed E-state index contributed by atoms with van der Waals surface area (Å²) in [6.07, 6.45) is 1.77. The Labute approximate surface area is 246 Å². The molecular weight excluding hydrogens is 560 g/mol. The molecule has 3 aromatic carbocycles. The molecule has 1 atom stereocenters. The number of carbonyl (C=O) groups excluding carboxylic acids is 2. The first-order valence-corrected chi connectivity index (χ1v) is 15.3. The summed E-state index contributed by atoms with van der Waals surface area (Å²) in [6, 6.07) is 19.2. The number of hydrogen-bond acceptors (Lipinski definition) is 7. The van der Waals surface area contributed by atoms with Crippen molar-refractivity contribution in [1.82, 2.24) is 10.2 Å². The Bertz CT molecular complexity index is 1500. The lowest BCUT2D eigenvalue weighted by atomic mass is 10.0. The molecule has 3 aromatic rings. The third-order valence-electron chi connectivity index (χ3n) is 6.61. The highest BCUT2D eigenvalue weighted by Gasteiger charge is 2.34. The fourth-order valence-electron chi connectivity index (χ4n) is 4.39. The van der Waals surface area contributed by atoms with Crippen LogP contribution in [0.25, 0.3) is 0 Å². The molecule has 3 rings (SSSR count). The zero-order valence-electron chi connectivity index (χ0n) is 24.1. The number of nitrogens with one attached hydrogen (secondary N) is 1. The van der Waals surface area contributed by atoms with Crippen molar-refractivity contribution in [3.63, 3.8) is 0 Å². The van der Waals surface area contributed by atoms with Crippen LogP contribution in [-0.2, 0) is 32.6 Å². The summed E-state index contributed by atoms with van der Waals surface area (Å²) in [7, 11) is -2.84. The number of nitrogens with zero attached hydrogens (tertiary/aromatic N) is 3. The molecule has 1 N–H and O–H groups in total. The maximum absolute atomic E-state index is 14.1. The predicted molar refractivity (Wildman–Crippen MR) is 161 cm³/mol. The van der Waals surface area contributed by atoms with Gasteiger partial charge in [0.2, 0.25) is 21.8 Å². The zero-order chi connectivity index (χ0) is 30.9. The Morgan fingerprint density at radius 3 is 2.26 bits per heavy atom. The minimum atomic E-state index is -4.14. The van der Waals surface area contributed by atoms with E-state index in [-0.39, 0.29) is 36.0 Å². The molecule has 0 saturated heterocycles. The Morgan fingerprint density at radius 2 is 1.69 bits per heavy atom. The van der Waals surface area contributed by atoms with Gasteiger partial charge >= 0.3 is 0 Å². The topological polar surface area (TPSA) is 139 Å². The summed E-state index contributed by atoms with van der Waals surface area (Å²) in [5, 5.41) is 14.4. The standard InChI is InChI=1S/C30H36N4O7S/c1-5-17-31-30(36)27(18-23-9-7-6-8-10-23)32(20-24-13-11-22(2)12-14-24)29(35)21-33(42(4,39)40)26-19-25(34(37)38)15-16-28(26)41-3/h6-16,19,27H,5,17-18,20-21H2,1-4H3,(H,31,36). The number of anilines is 1. The molecular formula is C30H36N4O7S. The van der Waals surface area contributed by atoms with Crippen LogP contribution in [0.5, 0.6) is 5.75 Å². The van der Waals surface area contributed by atoms with Crippen LogP contribution in [0.2, 0.25) is 0 Å². The van der Waals surface area contributed by atoms with Crippen molar-refractivity contribution in [2.45, 2.75) is 39.3 Å². The fourth-order valence-corrected chi connectivity index (χ4v) is 5.24. The summed E-state index contributed by atoms with van der Waals surface area (Å²) in [6.45, 7) is 3.56. The van der Waals surface area contributed by atoms with Crippen LogP contribution >= 0.6 is 0 Å². The van der Waals surface area contributed by atoms with E-state index in [0.29, 0.717) is 13.0 Å². The molecule has 0 aliphatic heterocycles. The Kier molecular flexibility index (Phi) is 11.0. The van der Waals surface area contributed by atoms with E-state index in [9.17, 15) is 28.1 Å². The number of carbonyl (C=O) groups is 2. The number of ether oxygens (including phenoxy) is 1. The average Bonchev–Trinajstić information content (AvgIpc) is 2.96. The highest BCUT2D eigenvalue weighted by atomic mass is 32.2. The van der Waals surface area contributed by atoms with E-state index in [1.165, 1.54) is 24.1 Å². The van der Waals surface area contributed by atoms with Crippen LogP contribution in [0, 0.1) is 17.0 Å². The molecule has 11 nitrogen and oxygen atoms in total. The quantitative estimate of drug-likeness (QED) is 0.220. The van der Waals surface area contributed by atoms with Crippen LogP contribution < -0.4 is 14.4 Å². The Hall–Kier alpha value is -4.45. The molecule has 0 heterocycles. The summed E-state index contributed by atoms with van der Waals surface area (Å²) in [4.78, 5) is 39.9. The van der Waals surface area contributed by atoms with E-state index in [1.807, 2.05) is 68.4 Å². The number of nitro groups is 1. The monoisotopic (exact) mass is 596 g/mol. The second kappa shape index (κ2) is 14.4. The van der Waals surface area contributed by atoms with Gasteiger partial charge in [-0.15, -0.1) is 0 Å². The van der Waals surface area contributed by atoms with E-state index >= 15 is 0 Å². The first-order valence-electron chi connectivity index (χ1n) is 13.4. The smallest absolute Gasteiger partial charge is 0.271 e. The van der Waals surface area contributed by atoms with Gasteiger partial charge in [0, 0.05) is 31.6 Å². The average molecular weight is 597 g/mol. The third kappa shape index (κ3) is 8.53. The Balaban J connectivity index is 2.11. The molecule has 0 aromatic heterocycles. The van der Waals surface area contributed by atoms with E-state index in [0.717, 1.165) is 33.3 Å². The van der Waals surface area contributed by atoms with Gasteiger partial charge in [-0.1, -0.05) is 67.1 Å². The maximum Gasteiger partial charge on any atom is 0.271 e. The predicted octanol–water partition coefficient (Wildman–Crippen LogP) is 3.84. The Morgan fingerprint density at radius 1 is 1.02 bits per heavy atom. The molecule has 0 bridgehead atoms. The highest BCUT2D eigenvalue weighted by Crippen LogP contribution is 2.34. The van der Waals surface area contributed by atoms with Crippen molar-refractivity contribution >= 4 is 33.2 Å². The minimum absolute atomic E-state index is 0.0276. The number of amides is 2. The van der Waals surface area contributed by atoms with Gasteiger partial charge in [-0.3, -0.25) is 24.0 Å². The lowest BCUT2D eigenvalue weighted by molar-refractivity contribution is -0.384. The first-order chi connectivity index (χ1) is 19.9. The van der Waals surface area contributed by atoms with Crippen LogP contribution in [0.15, 0.2) is 72.8 Å². The number of hydrogen-bond donors (Lipinski definition) is 1. The number of aryl methyl sites for hydroxylation is 1. The normalized spacial score (nSPS) is 11.8. The number of rotatable bonds is 14. The summed E-state index contributed by atoms with van der Waals surface area (Å²) in [5.41, 5.74) is 2.04. The number of non-ortho nitro benzene ring substituents is 1. The molecule has 0 aliphatic rings. The van der Waals surface area contributed by atoms with E-state index in [4.69, 9.17) is 4.74 Å². The van der Waals surface area contributed by atoms with Crippen molar-refractivity contribution < 1.29 is 27.7 Å². The van der Waals surface area contributed by atoms with Gasteiger partial charge in [0.05, 0.1) is 18.3 Å². The second-order valence-electron chi connectivity index (χ2n) is 9.89. The van der Waals surface area contributed by atoms with E-state index in [1.54, 1.807) is 0 Å².